The van der Waals surface area contributed by atoms with Crippen LogP contribution in [0.3, 0.4) is 0 Å². The lowest BCUT2D eigenvalue weighted by Crippen LogP contribution is -2.09. The second-order valence-corrected chi connectivity index (χ2v) is 5.31. The lowest BCUT2D eigenvalue weighted by Gasteiger charge is -2.02. The van der Waals surface area contributed by atoms with E-state index in [1.807, 2.05) is 6.07 Å². The minimum absolute atomic E-state index is 0.343. The van der Waals surface area contributed by atoms with Gasteiger partial charge in [0.15, 0.2) is 6.61 Å². The molecule has 21 heavy (non-hydrogen) atoms. The van der Waals surface area contributed by atoms with Crippen LogP contribution < -0.4 is 4.74 Å². The Kier molecular flexibility index (Phi) is 3.53. The van der Waals surface area contributed by atoms with E-state index in [9.17, 15) is 9.18 Å². The van der Waals surface area contributed by atoms with Crippen molar-refractivity contribution in [1.29, 1.82) is 0 Å². The van der Waals surface area contributed by atoms with E-state index < -0.39 is 12.6 Å². The van der Waals surface area contributed by atoms with Crippen molar-refractivity contribution in [2.24, 2.45) is 0 Å². The Morgan fingerprint density at radius 1 is 1.24 bits per heavy atom. The first-order valence-corrected chi connectivity index (χ1v) is 6.96. The topological polar surface area (TPSA) is 59.4 Å². The fraction of sp³-hybridized carbons (Fsp3) is 0.0667. The van der Waals surface area contributed by atoms with Gasteiger partial charge < -0.3 is 9.84 Å². The molecule has 4 nitrogen and oxygen atoms in total. The van der Waals surface area contributed by atoms with Crippen molar-refractivity contribution in [1.82, 2.24) is 4.98 Å². The first-order chi connectivity index (χ1) is 10.1. The summed E-state index contributed by atoms with van der Waals surface area (Å²) in [5, 5.41) is 9.21. The third kappa shape index (κ3) is 2.71. The van der Waals surface area contributed by atoms with Gasteiger partial charge in [0, 0.05) is 5.56 Å². The Balaban J connectivity index is 2.06. The number of aromatic nitrogens is 1. The zero-order valence-corrected chi connectivity index (χ0v) is 11.6. The van der Waals surface area contributed by atoms with E-state index in [0.717, 1.165) is 4.70 Å². The molecule has 0 amide bonds. The summed E-state index contributed by atoms with van der Waals surface area (Å²) in [6, 6.07) is 11.6. The van der Waals surface area contributed by atoms with Crippen molar-refractivity contribution in [3.05, 3.63) is 48.3 Å². The largest absolute Gasteiger partial charge is 0.480 e. The molecule has 0 aliphatic carbocycles. The molecule has 6 heteroatoms. The van der Waals surface area contributed by atoms with Gasteiger partial charge in [0.25, 0.3) is 0 Å². The number of carboxylic acids is 1. The third-order valence-electron chi connectivity index (χ3n) is 2.84. The van der Waals surface area contributed by atoms with E-state index in [0.29, 0.717) is 21.8 Å². The molecule has 0 spiro atoms. The number of benzene rings is 2. The molecule has 0 aliphatic rings. The first kappa shape index (κ1) is 13.5. The lowest BCUT2D eigenvalue weighted by atomic mass is 10.2. The molecule has 1 aromatic heterocycles. The number of halogens is 1. The molecule has 0 atom stereocenters. The summed E-state index contributed by atoms with van der Waals surface area (Å²) < 4.78 is 19.8. The highest BCUT2D eigenvalue weighted by atomic mass is 32.1. The maximum atomic E-state index is 13.8. The molecule has 1 heterocycles. The lowest BCUT2D eigenvalue weighted by molar-refractivity contribution is -0.139. The Hall–Kier alpha value is -2.47. The predicted molar refractivity (Wildman–Crippen MR) is 78.1 cm³/mol. The Labute approximate surface area is 123 Å². The van der Waals surface area contributed by atoms with Gasteiger partial charge in [-0.2, -0.15) is 0 Å². The molecule has 106 valence electrons. The summed E-state index contributed by atoms with van der Waals surface area (Å²) in [6.07, 6.45) is 0. The van der Waals surface area contributed by atoms with Crippen molar-refractivity contribution >= 4 is 27.5 Å². The second-order valence-electron chi connectivity index (χ2n) is 4.28. The van der Waals surface area contributed by atoms with Crippen LogP contribution in [0.5, 0.6) is 5.75 Å². The standard InChI is InChI=1S/C15H10FNO3S/c16-10-5-2-1-4-9(10)15-17-14-11(20-8-13(18)19)6-3-7-12(14)21-15/h1-7H,8H2,(H,18,19). The molecule has 0 saturated carbocycles. The number of rotatable bonds is 4. The van der Waals surface area contributed by atoms with Crippen LogP contribution in [0.15, 0.2) is 42.5 Å². The molecule has 2 aromatic carbocycles. The molecule has 0 aliphatic heterocycles. The van der Waals surface area contributed by atoms with Crippen LogP contribution in [-0.2, 0) is 4.79 Å². The molecule has 3 rings (SSSR count). The predicted octanol–water partition coefficient (Wildman–Crippen LogP) is 3.57. The Bertz CT molecular complexity index is 816. The van der Waals surface area contributed by atoms with E-state index >= 15 is 0 Å². The van der Waals surface area contributed by atoms with Crippen LogP contribution in [-0.4, -0.2) is 22.7 Å². The van der Waals surface area contributed by atoms with Gasteiger partial charge >= 0.3 is 5.97 Å². The van der Waals surface area contributed by atoms with Crippen molar-refractivity contribution in [2.45, 2.75) is 0 Å². The number of hydrogen-bond donors (Lipinski definition) is 1. The maximum absolute atomic E-state index is 13.8. The van der Waals surface area contributed by atoms with E-state index in [-0.39, 0.29) is 5.82 Å². The highest BCUT2D eigenvalue weighted by Gasteiger charge is 2.13. The summed E-state index contributed by atoms with van der Waals surface area (Å²) in [5.41, 5.74) is 0.963. The minimum atomic E-state index is -1.06. The normalized spacial score (nSPS) is 10.7. The van der Waals surface area contributed by atoms with Crippen LogP contribution in [0.4, 0.5) is 4.39 Å². The van der Waals surface area contributed by atoms with Gasteiger partial charge in [0.1, 0.15) is 22.1 Å². The zero-order valence-electron chi connectivity index (χ0n) is 10.7. The van der Waals surface area contributed by atoms with Crippen LogP contribution >= 0.6 is 11.3 Å². The second kappa shape index (κ2) is 5.49. The highest BCUT2D eigenvalue weighted by molar-refractivity contribution is 7.21. The van der Waals surface area contributed by atoms with E-state index in [4.69, 9.17) is 9.84 Å². The summed E-state index contributed by atoms with van der Waals surface area (Å²) in [6.45, 7) is -0.439. The molecule has 1 N–H and O–H groups in total. The number of nitrogens with zero attached hydrogens (tertiary/aromatic N) is 1. The zero-order chi connectivity index (χ0) is 14.8. The minimum Gasteiger partial charge on any atom is -0.480 e. The molecule has 3 aromatic rings. The number of ether oxygens (including phenoxy) is 1. The van der Waals surface area contributed by atoms with E-state index in [2.05, 4.69) is 4.98 Å². The smallest absolute Gasteiger partial charge is 0.341 e. The molecular weight excluding hydrogens is 293 g/mol. The summed E-state index contributed by atoms with van der Waals surface area (Å²) in [5.74, 6) is -1.02. The van der Waals surface area contributed by atoms with Gasteiger partial charge in [-0.15, -0.1) is 11.3 Å². The van der Waals surface area contributed by atoms with Crippen molar-refractivity contribution < 1.29 is 19.0 Å². The van der Waals surface area contributed by atoms with Crippen molar-refractivity contribution in [2.75, 3.05) is 6.61 Å². The number of thiazole rings is 1. The van der Waals surface area contributed by atoms with Crippen molar-refractivity contribution in [3.8, 4) is 16.3 Å². The number of aliphatic carboxylic acids is 1. The average Bonchev–Trinajstić information content (AvgIpc) is 2.89. The molecule has 0 saturated heterocycles. The molecule has 0 fully saturated rings. The molecule has 0 unspecified atom stereocenters. The fourth-order valence-corrected chi connectivity index (χ4v) is 2.94. The van der Waals surface area contributed by atoms with Gasteiger partial charge in [0.05, 0.1) is 4.70 Å². The van der Waals surface area contributed by atoms with Crippen molar-refractivity contribution in [3.63, 3.8) is 0 Å². The first-order valence-electron chi connectivity index (χ1n) is 6.14. The summed E-state index contributed by atoms with van der Waals surface area (Å²) in [7, 11) is 0. The number of fused-ring (bicyclic) bond motifs is 1. The van der Waals surface area contributed by atoms with Gasteiger partial charge in [0.2, 0.25) is 0 Å². The van der Waals surface area contributed by atoms with Crippen LogP contribution in [0.25, 0.3) is 20.8 Å². The summed E-state index contributed by atoms with van der Waals surface area (Å²) >= 11 is 1.33. The van der Waals surface area contributed by atoms with Gasteiger partial charge in [-0.1, -0.05) is 18.2 Å². The van der Waals surface area contributed by atoms with E-state index in [1.165, 1.54) is 17.4 Å². The monoisotopic (exact) mass is 303 g/mol. The SMILES string of the molecule is O=C(O)COc1cccc2sc(-c3ccccc3F)nc12. The summed E-state index contributed by atoms with van der Waals surface area (Å²) in [4.78, 5) is 15.0. The van der Waals surface area contributed by atoms with E-state index in [1.54, 1.807) is 30.3 Å². The Morgan fingerprint density at radius 2 is 2.05 bits per heavy atom. The number of carbonyl (C=O) groups is 1. The molecule has 0 radical (unpaired) electrons. The quantitative estimate of drug-likeness (QED) is 0.800. The fourth-order valence-electron chi connectivity index (χ4n) is 1.93. The van der Waals surface area contributed by atoms with Gasteiger partial charge in [-0.05, 0) is 24.3 Å². The van der Waals surface area contributed by atoms with Crippen LogP contribution in [0.1, 0.15) is 0 Å². The number of hydrogen-bond acceptors (Lipinski definition) is 4. The Morgan fingerprint density at radius 3 is 2.81 bits per heavy atom. The number of carboxylic acid groups (broad SMARTS) is 1. The number of para-hydroxylation sites is 1. The maximum Gasteiger partial charge on any atom is 0.341 e. The van der Waals surface area contributed by atoms with Crippen LogP contribution in [0, 0.1) is 5.82 Å². The third-order valence-corrected chi connectivity index (χ3v) is 3.89. The molecule has 0 bridgehead atoms. The van der Waals surface area contributed by atoms with Gasteiger partial charge in [-0.25, -0.2) is 14.2 Å². The van der Waals surface area contributed by atoms with Gasteiger partial charge in [-0.3, -0.25) is 0 Å². The average molecular weight is 303 g/mol. The van der Waals surface area contributed by atoms with Crippen LogP contribution in [0.2, 0.25) is 0 Å². The molecular formula is C15H10FNO3S. The highest BCUT2D eigenvalue weighted by Crippen LogP contribution is 2.35.